The highest BCUT2D eigenvalue weighted by Gasteiger charge is 2.36. The number of aromatic nitrogens is 1. The van der Waals surface area contributed by atoms with Crippen LogP contribution in [-0.4, -0.2) is 55.4 Å². The summed E-state index contributed by atoms with van der Waals surface area (Å²) in [5, 5.41) is 15.2. The van der Waals surface area contributed by atoms with E-state index in [2.05, 4.69) is 10.1 Å². The number of fused-ring (bicyclic) bond motifs is 1. The smallest absolute Gasteiger partial charge is 0.283 e. The lowest BCUT2D eigenvalue weighted by Gasteiger charge is -2.26. The quantitative estimate of drug-likeness (QED) is 0.646. The molecule has 1 saturated heterocycles. The number of hydrogen-bond acceptors (Lipinski definition) is 5. The van der Waals surface area contributed by atoms with Crippen molar-refractivity contribution in [3.05, 3.63) is 58.7 Å². The number of aliphatic imine (C=N–C) groups is 1. The average Bonchev–Trinajstić information content (AvgIpc) is 3.37. The number of rotatable bonds is 4. The highest BCUT2D eigenvalue weighted by atomic mass is 32.2. The minimum Gasteiger partial charge on any atom is -0.342 e. The van der Waals surface area contributed by atoms with Crippen LogP contribution in [0.3, 0.4) is 0 Å². The van der Waals surface area contributed by atoms with Crippen LogP contribution < -0.4 is 0 Å². The van der Waals surface area contributed by atoms with E-state index < -0.39 is 5.91 Å². The number of likely N-dealkylation sites (tertiary alicyclic amines) is 1. The van der Waals surface area contributed by atoms with Crippen molar-refractivity contribution in [2.45, 2.75) is 39.5 Å². The molecular formula is C25H25FN6O2S. The molecule has 8 nitrogen and oxygen atoms in total. The molecule has 4 heterocycles. The summed E-state index contributed by atoms with van der Waals surface area (Å²) in [7, 11) is 0. The van der Waals surface area contributed by atoms with Crippen LogP contribution in [0, 0.1) is 25.1 Å². The molecule has 1 N–H and O–H groups in total. The summed E-state index contributed by atoms with van der Waals surface area (Å²) in [5.41, 5.74) is 2.74. The summed E-state index contributed by atoms with van der Waals surface area (Å²) in [6.45, 7) is 5.21. The number of thioether (sulfide) groups is 1. The van der Waals surface area contributed by atoms with Gasteiger partial charge in [-0.3, -0.25) is 15.0 Å². The maximum absolute atomic E-state index is 14.4. The van der Waals surface area contributed by atoms with Gasteiger partial charge < -0.3 is 9.47 Å². The van der Waals surface area contributed by atoms with Gasteiger partial charge >= 0.3 is 0 Å². The molecule has 180 valence electrons. The van der Waals surface area contributed by atoms with Crippen molar-refractivity contribution in [2.24, 2.45) is 10.1 Å². The summed E-state index contributed by atoms with van der Waals surface area (Å²) in [6, 6.07) is 8.34. The first-order valence-electron chi connectivity index (χ1n) is 11.5. The van der Waals surface area contributed by atoms with Crippen LogP contribution in [0.25, 0.3) is 11.8 Å². The van der Waals surface area contributed by atoms with Crippen molar-refractivity contribution in [3.8, 4) is 5.69 Å². The molecule has 3 aliphatic heterocycles. The van der Waals surface area contributed by atoms with Crippen molar-refractivity contribution in [3.63, 3.8) is 0 Å². The van der Waals surface area contributed by atoms with Crippen molar-refractivity contribution in [1.82, 2.24) is 14.5 Å². The lowest BCUT2D eigenvalue weighted by Crippen LogP contribution is -2.36. The summed E-state index contributed by atoms with van der Waals surface area (Å²) in [4.78, 5) is 31.4. The lowest BCUT2D eigenvalue weighted by molar-refractivity contribution is -0.130. The fourth-order valence-electron chi connectivity index (χ4n) is 4.58. The molecule has 0 aliphatic carbocycles. The van der Waals surface area contributed by atoms with E-state index in [0.717, 1.165) is 55.5 Å². The third-order valence-electron chi connectivity index (χ3n) is 6.37. The molecular weight excluding hydrogens is 467 g/mol. The largest absolute Gasteiger partial charge is 0.342 e. The first-order valence-corrected chi connectivity index (χ1v) is 12.4. The normalized spacial score (nSPS) is 19.2. The zero-order valence-electron chi connectivity index (χ0n) is 19.5. The molecule has 0 bridgehead atoms. The molecule has 1 aromatic heterocycles. The number of hydrazone groups is 1. The number of nitrogens with one attached hydrogen (secondary N) is 1. The second-order valence-electron chi connectivity index (χ2n) is 8.75. The van der Waals surface area contributed by atoms with Crippen LogP contribution >= 0.6 is 11.8 Å². The Hall–Kier alpha value is -3.53. The number of nitrogens with zero attached hydrogens (tertiary/aromatic N) is 5. The van der Waals surface area contributed by atoms with Gasteiger partial charge in [0.2, 0.25) is 11.1 Å². The Balaban J connectivity index is 1.40. The van der Waals surface area contributed by atoms with E-state index >= 15 is 0 Å². The first kappa shape index (κ1) is 23.2. The third-order valence-corrected chi connectivity index (χ3v) is 7.28. The van der Waals surface area contributed by atoms with E-state index in [1.165, 1.54) is 11.1 Å². The topological polar surface area (TPSA) is 94.1 Å². The second kappa shape index (κ2) is 9.26. The summed E-state index contributed by atoms with van der Waals surface area (Å²) >= 11 is 1.16. The number of aryl methyl sites for hydroxylation is 1. The lowest BCUT2D eigenvalue weighted by atomic mass is 10.1. The standard InChI is InChI=1S/C25H25FN6O2S/c1-15-12-17(16(2)31(15)20-9-5-4-8-19(20)26)13-18-23(27)32-25(28-24(18)34)35-21(29-32)14-22(33)30-10-6-3-7-11-30/h4-5,8-9,12-13,27H,3,6-7,10-11,14H2,1-2H3. The highest BCUT2D eigenvalue weighted by molar-refractivity contribution is 8.27. The minimum absolute atomic E-state index is 0.00519. The van der Waals surface area contributed by atoms with Crippen LogP contribution in [0.4, 0.5) is 4.39 Å². The SMILES string of the molecule is Cc1cc(C=C2C(=N)N3N=C(CC(=O)N4CCCCC4)SC3=NC2=O)c(C)n1-c1ccccc1F. The number of amidine groups is 2. The molecule has 10 heteroatoms. The van der Waals surface area contributed by atoms with Crippen LogP contribution in [-0.2, 0) is 9.59 Å². The predicted octanol–water partition coefficient (Wildman–Crippen LogP) is 4.26. The Kier molecular flexibility index (Phi) is 6.14. The van der Waals surface area contributed by atoms with E-state index in [9.17, 15) is 14.0 Å². The van der Waals surface area contributed by atoms with Crippen molar-refractivity contribution in [1.29, 1.82) is 5.41 Å². The zero-order chi connectivity index (χ0) is 24.7. The maximum atomic E-state index is 14.4. The molecule has 1 fully saturated rings. The van der Waals surface area contributed by atoms with E-state index in [-0.39, 0.29) is 34.7 Å². The van der Waals surface area contributed by atoms with Crippen molar-refractivity contribution < 1.29 is 14.0 Å². The number of piperidine rings is 1. The Morgan fingerprint density at radius 2 is 1.94 bits per heavy atom. The Bertz CT molecular complexity index is 1340. The highest BCUT2D eigenvalue weighted by Crippen LogP contribution is 2.31. The Labute approximate surface area is 206 Å². The van der Waals surface area contributed by atoms with Gasteiger partial charge in [-0.05, 0) is 74.7 Å². The van der Waals surface area contributed by atoms with Gasteiger partial charge in [-0.15, -0.1) is 0 Å². The van der Waals surface area contributed by atoms with E-state index in [0.29, 0.717) is 16.3 Å². The van der Waals surface area contributed by atoms with Crippen LogP contribution in [0.1, 0.15) is 42.6 Å². The molecule has 35 heavy (non-hydrogen) atoms. The average molecular weight is 493 g/mol. The molecule has 2 amide bonds. The number of halogens is 1. The number of amides is 2. The second-order valence-corrected chi connectivity index (χ2v) is 9.79. The van der Waals surface area contributed by atoms with Gasteiger partial charge in [-0.2, -0.15) is 15.1 Å². The van der Waals surface area contributed by atoms with Gasteiger partial charge in [-0.25, -0.2) is 4.39 Å². The molecule has 2 aromatic rings. The summed E-state index contributed by atoms with van der Waals surface area (Å²) in [6.07, 6.45) is 4.89. The molecule has 1 aromatic carbocycles. The number of carbonyl (C=O) groups is 2. The van der Waals surface area contributed by atoms with Crippen LogP contribution in [0.2, 0.25) is 0 Å². The zero-order valence-corrected chi connectivity index (χ0v) is 20.4. The van der Waals surface area contributed by atoms with Gasteiger partial charge in [0.25, 0.3) is 5.91 Å². The molecule has 0 saturated carbocycles. The predicted molar refractivity (Wildman–Crippen MR) is 135 cm³/mol. The Morgan fingerprint density at radius 1 is 1.20 bits per heavy atom. The molecule has 3 aliphatic rings. The number of carbonyl (C=O) groups excluding carboxylic acids is 2. The van der Waals surface area contributed by atoms with Gasteiger partial charge in [-0.1, -0.05) is 12.1 Å². The van der Waals surface area contributed by atoms with Gasteiger partial charge in [0.1, 0.15) is 10.9 Å². The fourth-order valence-corrected chi connectivity index (χ4v) is 5.46. The fraction of sp³-hybridized carbons (Fsp3) is 0.320. The first-order chi connectivity index (χ1) is 16.8. The number of para-hydroxylation sites is 1. The summed E-state index contributed by atoms with van der Waals surface area (Å²) in [5.74, 6) is -0.975. The van der Waals surface area contributed by atoms with E-state index in [1.807, 2.05) is 24.8 Å². The third kappa shape index (κ3) is 4.34. The minimum atomic E-state index is -0.539. The molecule has 0 unspecified atom stereocenters. The monoisotopic (exact) mass is 492 g/mol. The maximum Gasteiger partial charge on any atom is 0.283 e. The number of benzene rings is 1. The van der Waals surface area contributed by atoms with Crippen molar-refractivity contribution >= 4 is 45.7 Å². The van der Waals surface area contributed by atoms with Gasteiger partial charge in [0, 0.05) is 24.5 Å². The van der Waals surface area contributed by atoms with E-state index in [1.54, 1.807) is 28.8 Å². The molecule has 0 radical (unpaired) electrons. The number of hydrogen-bond donors (Lipinski definition) is 1. The van der Waals surface area contributed by atoms with Gasteiger partial charge in [0.15, 0.2) is 5.84 Å². The van der Waals surface area contributed by atoms with Crippen LogP contribution in [0.5, 0.6) is 0 Å². The molecule has 0 atom stereocenters. The van der Waals surface area contributed by atoms with Crippen molar-refractivity contribution in [2.75, 3.05) is 13.1 Å². The van der Waals surface area contributed by atoms with Crippen LogP contribution in [0.15, 0.2) is 46.0 Å². The summed E-state index contributed by atoms with van der Waals surface area (Å²) < 4.78 is 16.2. The molecule has 0 spiro atoms. The Morgan fingerprint density at radius 3 is 2.69 bits per heavy atom. The molecule has 5 rings (SSSR count). The van der Waals surface area contributed by atoms with Gasteiger partial charge in [0.05, 0.1) is 17.7 Å². The van der Waals surface area contributed by atoms with E-state index in [4.69, 9.17) is 5.41 Å².